The van der Waals surface area contributed by atoms with Crippen LogP contribution < -0.4 is 0 Å². The first-order valence-electron chi connectivity index (χ1n) is 4.69. The molecule has 0 bridgehead atoms. The molecule has 1 rings (SSSR count). The Labute approximate surface area is 93.1 Å². The number of nitrogens with zero attached hydrogens (tertiary/aromatic N) is 2. The molecule has 8 heteroatoms. The van der Waals surface area contributed by atoms with Gasteiger partial charge in [-0.05, 0) is 0 Å². The van der Waals surface area contributed by atoms with Gasteiger partial charge < -0.3 is 5.11 Å². The summed E-state index contributed by atoms with van der Waals surface area (Å²) in [5.41, 5.74) is 0. The van der Waals surface area contributed by atoms with Gasteiger partial charge in [0.1, 0.15) is 4.90 Å². The van der Waals surface area contributed by atoms with E-state index < -0.39 is 16.0 Å². The van der Waals surface area contributed by atoms with Gasteiger partial charge in [0.05, 0.1) is 12.6 Å². The Bertz CT molecular complexity index is 440. The number of aromatic nitrogens is 2. The fourth-order valence-corrected chi connectivity index (χ4v) is 2.56. The van der Waals surface area contributed by atoms with Crippen molar-refractivity contribution in [3.63, 3.8) is 0 Å². The van der Waals surface area contributed by atoms with Crippen molar-refractivity contribution in [2.75, 3.05) is 13.1 Å². The summed E-state index contributed by atoms with van der Waals surface area (Å²) in [5, 5.41) is 14.5. The number of hydrogen-bond acceptors (Lipinski definition) is 4. The number of rotatable bonds is 6. The summed E-state index contributed by atoms with van der Waals surface area (Å²) >= 11 is 0. The van der Waals surface area contributed by atoms with Gasteiger partial charge in [-0.3, -0.25) is 9.89 Å². The van der Waals surface area contributed by atoms with E-state index in [1.54, 1.807) is 6.92 Å². The van der Waals surface area contributed by atoms with E-state index in [0.717, 1.165) is 4.31 Å². The van der Waals surface area contributed by atoms with Crippen molar-refractivity contribution < 1.29 is 18.3 Å². The van der Waals surface area contributed by atoms with E-state index in [0.29, 0.717) is 0 Å². The van der Waals surface area contributed by atoms with Crippen molar-refractivity contribution in [3.05, 3.63) is 12.4 Å². The number of aromatic amines is 1. The van der Waals surface area contributed by atoms with Gasteiger partial charge in [0, 0.05) is 19.3 Å². The summed E-state index contributed by atoms with van der Waals surface area (Å²) in [6, 6.07) is 0. The van der Waals surface area contributed by atoms with E-state index in [1.807, 2.05) is 0 Å². The molecule has 1 aromatic rings. The lowest BCUT2D eigenvalue weighted by Crippen LogP contribution is -2.32. The summed E-state index contributed by atoms with van der Waals surface area (Å²) in [5.74, 6) is -1.03. The van der Waals surface area contributed by atoms with Crippen LogP contribution in [0.25, 0.3) is 0 Å². The minimum Gasteiger partial charge on any atom is -0.481 e. The topological polar surface area (TPSA) is 103 Å². The van der Waals surface area contributed by atoms with Gasteiger partial charge in [0.2, 0.25) is 10.0 Å². The fourth-order valence-electron chi connectivity index (χ4n) is 1.20. The van der Waals surface area contributed by atoms with E-state index >= 15 is 0 Å². The molecule has 7 nitrogen and oxygen atoms in total. The van der Waals surface area contributed by atoms with E-state index in [4.69, 9.17) is 5.11 Å². The molecular weight excluding hydrogens is 234 g/mol. The molecule has 0 aliphatic heterocycles. The minimum absolute atomic E-state index is 0.0414. The monoisotopic (exact) mass is 247 g/mol. The molecule has 1 heterocycles. The van der Waals surface area contributed by atoms with Gasteiger partial charge in [-0.2, -0.15) is 9.40 Å². The second-order valence-electron chi connectivity index (χ2n) is 3.07. The van der Waals surface area contributed by atoms with Gasteiger partial charge in [-0.1, -0.05) is 6.92 Å². The van der Waals surface area contributed by atoms with E-state index in [1.165, 1.54) is 12.4 Å². The molecule has 0 spiro atoms. The maximum atomic E-state index is 11.9. The number of carboxylic acid groups (broad SMARTS) is 1. The van der Waals surface area contributed by atoms with Crippen LogP contribution in [0.15, 0.2) is 17.3 Å². The number of carbonyl (C=O) groups is 1. The molecular formula is C8H13N3O4S. The van der Waals surface area contributed by atoms with Crippen molar-refractivity contribution in [3.8, 4) is 0 Å². The van der Waals surface area contributed by atoms with Crippen molar-refractivity contribution in [1.29, 1.82) is 0 Å². The van der Waals surface area contributed by atoms with Crippen molar-refractivity contribution in [2.45, 2.75) is 18.2 Å². The number of nitrogens with one attached hydrogen (secondary N) is 1. The van der Waals surface area contributed by atoms with E-state index in [-0.39, 0.29) is 24.4 Å². The SMILES string of the molecule is CCN(CCC(=O)O)S(=O)(=O)c1cn[nH]c1. The molecule has 1 aromatic heterocycles. The highest BCUT2D eigenvalue weighted by atomic mass is 32.2. The van der Waals surface area contributed by atoms with Gasteiger partial charge in [-0.25, -0.2) is 8.42 Å². The highest BCUT2D eigenvalue weighted by Crippen LogP contribution is 2.13. The second-order valence-corrected chi connectivity index (χ2v) is 5.01. The number of carboxylic acids is 1. The first-order chi connectivity index (χ1) is 7.48. The van der Waals surface area contributed by atoms with Crippen LogP contribution in [0.3, 0.4) is 0 Å². The molecule has 16 heavy (non-hydrogen) atoms. The smallest absolute Gasteiger partial charge is 0.304 e. The van der Waals surface area contributed by atoms with Gasteiger partial charge >= 0.3 is 5.97 Å². The average Bonchev–Trinajstić information content (AvgIpc) is 2.70. The summed E-state index contributed by atoms with van der Waals surface area (Å²) in [4.78, 5) is 10.4. The maximum Gasteiger partial charge on any atom is 0.304 e. The third kappa shape index (κ3) is 2.80. The second kappa shape index (κ2) is 5.08. The lowest BCUT2D eigenvalue weighted by molar-refractivity contribution is -0.137. The summed E-state index contributed by atoms with van der Waals surface area (Å²) < 4.78 is 24.9. The Morgan fingerprint density at radius 3 is 2.75 bits per heavy atom. The lowest BCUT2D eigenvalue weighted by Gasteiger charge is -2.18. The van der Waals surface area contributed by atoms with E-state index in [9.17, 15) is 13.2 Å². The third-order valence-corrected chi connectivity index (χ3v) is 3.98. The Kier molecular flexibility index (Phi) is 4.02. The molecule has 0 aromatic carbocycles. The molecule has 0 fully saturated rings. The molecule has 0 amide bonds. The summed E-state index contributed by atoms with van der Waals surface area (Å²) in [7, 11) is -3.63. The first-order valence-corrected chi connectivity index (χ1v) is 6.13. The van der Waals surface area contributed by atoms with E-state index in [2.05, 4.69) is 10.2 Å². The number of H-pyrrole nitrogens is 1. The van der Waals surface area contributed by atoms with Crippen LogP contribution in [-0.2, 0) is 14.8 Å². The zero-order valence-corrected chi connectivity index (χ0v) is 9.57. The molecule has 2 N–H and O–H groups in total. The largest absolute Gasteiger partial charge is 0.481 e. The molecule has 0 aliphatic carbocycles. The maximum absolute atomic E-state index is 11.9. The van der Waals surface area contributed by atoms with Crippen molar-refractivity contribution in [1.82, 2.24) is 14.5 Å². The van der Waals surface area contributed by atoms with Crippen molar-refractivity contribution >= 4 is 16.0 Å². The van der Waals surface area contributed by atoms with Crippen LogP contribution in [0.4, 0.5) is 0 Å². The minimum atomic E-state index is -3.63. The van der Waals surface area contributed by atoms with Gasteiger partial charge in [-0.15, -0.1) is 0 Å². The van der Waals surface area contributed by atoms with Crippen LogP contribution in [0.5, 0.6) is 0 Å². The fraction of sp³-hybridized carbons (Fsp3) is 0.500. The lowest BCUT2D eigenvalue weighted by atomic mass is 10.4. The number of sulfonamides is 1. The normalized spacial score (nSPS) is 11.9. The predicted octanol–water partition coefficient (Wildman–Crippen LogP) is -0.105. The van der Waals surface area contributed by atoms with Crippen LogP contribution in [0, 0.1) is 0 Å². The Hall–Kier alpha value is -1.41. The van der Waals surface area contributed by atoms with Gasteiger partial charge in [0.25, 0.3) is 0 Å². The van der Waals surface area contributed by atoms with Crippen molar-refractivity contribution in [2.24, 2.45) is 0 Å². The van der Waals surface area contributed by atoms with Crippen LogP contribution in [-0.4, -0.2) is 47.1 Å². The average molecular weight is 247 g/mol. The Morgan fingerprint density at radius 1 is 1.62 bits per heavy atom. The first kappa shape index (κ1) is 12.7. The molecule has 0 saturated carbocycles. The quantitative estimate of drug-likeness (QED) is 0.730. The molecule has 0 saturated heterocycles. The molecule has 0 aliphatic rings. The van der Waals surface area contributed by atoms with Gasteiger partial charge in [0.15, 0.2) is 0 Å². The molecule has 0 unspecified atom stereocenters. The zero-order valence-electron chi connectivity index (χ0n) is 8.75. The zero-order chi connectivity index (χ0) is 12.2. The summed E-state index contributed by atoms with van der Waals surface area (Å²) in [6.07, 6.45) is 2.24. The highest BCUT2D eigenvalue weighted by Gasteiger charge is 2.24. The number of aliphatic carboxylic acids is 1. The molecule has 0 radical (unpaired) electrons. The Morgan fingerprint density at radius 2 is 2.31 bits per heavy atom. The van der Waals surface area contributed by atoms with Crippen LogP contribution in [0.1, 0.15) is 13.3 Å². The third-order valence-electron chi connectivity index (χ3n) is 2.04. The number of hydrogen-bond donors (Lipinski definition) is 2. The van der Waals surface area contributed by atoms with Crippen LogP contribution in [0.2, 0.25) is 0 Å². The van der Waals surface area contributed by atoms with Crippen LogP contribution >= 0.6 is 0 Å². The molecule has 90 valence electrons. The standard InChI is InChI=1S/C8H13N3O4S/c1-2-11(4-3-8(12)13)16(14,15)7-5-9-10-6-7/h5-6H,2-4H2,1H3,(H,9,10)(H,12,13). The predicted molar refractivity (Wildman–Crippen MR) is 55.3 cm³/mol. The Balaban J connectivity index is 2.84. The highest BCUT2D eigenvalue weighted by molar-refractivity contribution is 7.89. The summed E-state index contributed by atoms with van der Waals surface area (Å²) in [6.45, 7) is 1.83. The molecule has 0 atom stereocenters.